The lowest BCUT2D eigenvalue weighted by Gasteiger charge is -2.05. The number of hydrogen-bond acceptors (Lipinski definition) is 3. The molecule has 270 valence electrons. The minimum Gasteiger partial charge on any atom is -0.545 e. The molecule has 0 aliphatic rings. The fourth-order valence-corrected chi connectivity index (χ4v) is 6.44. The molecule has 0 fully saturated rings. The number of benzene rings is 1. The molecule has 0 aliphatic heterocycles. The zero-order valence-corrected chi connectivity index (χ0v) is 30.9. The lowest BCUT2D eigenvalue weighted by atomic mass is 10.0. The maximum absolute atomic E-state index is 10.2. The molecule has 0 amide bonds. The van der Waals surface area contributed by atoms with Gasteiger partial charge in [-0.3, -0.25) is 0 Å². The molecule has 2 N–H and O–H groups in total. The molecule has 0 bridgehead atoms. The summed E-state index contributed by atoms with van der Waals surface area (Å²) in [6, 6.07) is 5.64. The zero-order valence-electron chi connectivity index (χ0n) is 30.9. The van der Waals surface area contributed by atoms with Crippen LogP contribution in [-0.4, -0.2) is 16.1 Å². The van der Waals surface area contributed by atoms with Crippen molar-refractivity contribution in [2.75, 3.05) is 0 Å². The molecule has 1 aromatic heterocycles. The number of carboxylic acid groups (broad SMARTS) is 1. The first kappa shape index (κ1) is 42.7. The zero-order chi connectivity index (χ0) is 34.0. The number of aryl methyl sites for hydroxylation is 2. The van der Waals surface area contributed by atoms with Crippen LogP contribution in [0.2, 0.25) is 0 Å². The topological polar surface area (TPSA) is 80.0 Å². The molecule has 5 nitrogen and oxygen atoms in total. The van der Waals surface area contributed by atoms with Crippen LogP contribution in [0.15, 0.2) is 36.8 Å². The minimum absolute atomic E-state index is 0.178. The van der Waals surface area contributed by atoms with Crippen LogP contribution in [0, 0.1) is 0 Å². The van der Waals surface area contributed by atoms with E-state index in [1.54, 1.807) is 6.07 Å². The van der Waals surface area contributed by atoms with E-state index in [0.717, 1.165) is 0 Å². The first-order valence-corrected chi connectivity index (χ1v) is 20.1. The highest BCUT2D eigenvalue weighted by atomic mass is 16.4. The number of carbonyl (C=O) groups excluding carboxylic acids is 1. The molecule has 0 atom stereocenters. The quantitative estimate of drug-likeness (QED) is 0.0627. The fraction of sp³-hybridized carbons (Fsp3) is 0.762. The monoisotopic (exact) mass is 655 g/mol. The molecule has 0 aliphatic carbocycles. The summed E-state index contributed by atoms with van der Waals surface area (Å²) < 4.78 is 2.49. The highest BCUT2D eigenvalue weighted by Gasteiger charge is 2.08. The maximum atomic E-state index is 10.2. The van der Waals surface area contributed by atoms with Crippen molar-refractivity contribution < 1.29 is 19.6 Å². The van der Waals surface area contributed by atoms with Crippen molar-refractivity contribution in [3.63, 3.8) is 0 Å². The molecule has 0 saturated carbocycles. The van der Waals surface area contributed by atoms with Gasteiger partial charge in [-0.1, -0.05) is 187 Å². The molecule has 47 heavy (non-hydrogen) atoms. The van der Waals surface area contributed by atoms with Crippen LogP contribution < -0.4 is 9.67 Å². The summed E-state index contributed by atoms with van der Waals surface area (Å²) in [6.45, 7) is 5.81. The Hall–Kier alpha value is -2.30. The number of aromatic hydroxyl groups is 1. The number of imidazole rings is 1. The third kappa shape index (κ3) is 25.4. The van der Waals surface area contributed by atoms with Gasteiger partial charge in [0.2, 0.25) is 6.33 Å². The van der Waals surface area contributed by atoms with Crippen molar-refractivity contribution in [2.24, 2.45) is 0 Å². The third-order valence-electron chi connectivity index (χ3n) is 9.51. The Kier molecular flexibility index (Phi) is 29.3. The molecule has 0 radical (unpaired) electrons. The Morgan fingerprint density at radius 2 is 0.979 bits per heavy atom. The number of H-pyrrole nitrogens is 1. The van der Waals surface area contributed by atoms with Gasteiger partial charge < -0.3 is 15.0 Å². The van der Waals surface area contributed by atoms with Gasteiger partial charge in [0.25, 0.3) is 0 Å². The summed E-state index contributed by atoms with van der Waals surface area (Å²) in [5, 5.41) is 19.0. The summed E-state index contributed by atoms with van der Waals surface area (Å²) in [5.74, 6) is -1.62. The SMILES string of the molecule is CCCCCCCCCCCCCCCCc1c[nH]c[n+]1CCCCCCCCCCCCCCCC.O=C([O-])c1ccccc1O. The van der Waals surface area contributed by atoms with Crippen molar-refractivity contribution in [2.45, 2.75) is 207 Å². The number of nitrogens with zero attached hydrogens (tertiary/aromatic N) is 1. The molecule has 2 rings (SSSR count). The van der Waals surface area contributed by atoms with E-state index in [9.17, 15) is 9.90 Å². The van der Waals surface area contributed by atoms with Gasteiger partial charge in [-0.05, 0) is 31.4 Å². The molecule has 0 unspecified atom stereocenters. The van der Waals surface area contributed by atoms with E-state index in [0.29, 0.717) is 0 Å². The minimum atomic E-state index is -1.36. The Morgan fingerprint density at radius 1 is 0.596 bits per heavy atom. The lowest BCUT2D eigenvalue weighted by molar-refractivity contribution is -0.703. The first-order valence-electron chi connectivity index (χ1n) is 20.1. The van der Waals surface area contributed by atoms with E-state index in [-0.39, 0.29) is 11.3 Å². The lowest BCUT2D eigenvalue weighted by Crippen LogP contribution is -2.35. The van der Waals surface area contributed by atoms with E-state index < -0.39 is 5.97 Å². The number of para-hydroxylation sites is 1. The second-order valence-electron chi connectivity index (χ2n) is 13.9. The summed E-state index contributed by atoms with van der Waals surface area (Å²) in [4.78, 5) is 13.5. The fourth-order valence-electron chi connectivity index (χ4n) is 6.44. The molecule has 1 heterocycles. The second kappa shape index (κ2) is 32.3. The summed E-state index contributed by atoms with van der Waals surface area (Å²) in [6.07, 6.45) is 46.0. The van der Waals surface area contributed by atoms with Gasteiger partial charge in [0, 0.05) is 12.0 Å². The van der Waals surface area contributed by atoms with Crippen LogP contribution >= 0.6 is 0 Å². The smallest absolute Gasteiger partial charge is 0.241 e. The Morgan fingerprint density at radius 3 is 1.36 bits per heavy atom. The first-order chi connectivity index (χ1) is 23.1. The molecule has 0 saturated heterocycles. The normalized spacial score (nSPS) is 11.0. The highest BCUT2D eigenvalue weighted by molar-refractivity contribution is 5.88. The van der Waals surface area contributed by atoms with Gasteiger partial charge in [-0.25, -0.2) is 9.55 Å². The average Bonchev–Trinajstić information content (AvgIpc) is 3.52. The van der Waals surface area contributed by atoms with E-state index >= 15 is 0 Å². The Balaban J connectivity index is 0.000000933. The van der Waals surface area contributed by atoms with Crippen LogP contribution in [0.4, 0.5) is 0 Å². The van der Waals surface area contributed by atoms with Gasteiger partial charge in [0.1, 0.15) is 17.6 Å². The van der Waals surface area contributed by atoms with Crippen molar-refractivity contribution in [1.29, 1.82) is 0 Å². The van der Waals surface area contributed by atoms with Crippen molar-refractivity contribution >= 4 is 5.97 Å². The van der Waals surface area contributed by atoms with E-state index in [1.165, 1.54) is 217 Å². The summed E-state index contributed by atoms with van der Waals surface area (Å²) in [7, 11) is 0. The van der Waals surface area contributed by atoms with E-state index in [4.69, 9.17) is 5.11 Å². The number of aromatic amines is 1. The van der Waals surface area contributed by atoms with Crippen molar-refractivity contribution in [3.8, 4) is 5.75 Å². The average molecular weight is 655 g/mol. The van der Waals surface area contributed by atoms with Crippen LogP contribution in [0.3, 0.4) is 0 Å². The largest absolute Gasteiger partial charge is 0.545 e. The van der Waals surface area contributed by atoms with Gasteiger partial charge in [0.05, 0.1) is 12.5 Å². The van der Waals surface area contributed by atoms with Crippen LogP contribution in [-0.2, 0) is 13.0 Å². The van der Waals surface area contributed by atoms with E-state index in [1.807, 2.05) is 0 Å². The number of carboxylic acids is 1. The molecular formula is C42H74N2O3. The molecule has 2 aromatic rings. The van der Waals surface area contributed by atoms with Gasteiger partial charge in [-0.15, -0.1) is 0 Å². The summed E-state index contributed by atoms with van der Waals surface area (Å²) >= 11 is 0. The van der Waals surface area contributed by atoms with E-state index in [2.05, 4.69) is 35.9 Å². The Bertz CT molecular complexity index is 910. The van der Waals surface area contributed by atoms with Crippen LogP contribution in [0.1, 0.15) is 210 Å². The molecule has 0 spiro atoms. The maximum Gasteiger partial charge on any atom is 0.241 e. The number of phenols is 1. The van der Waals surface area contributed by atoms with Crippen molar-refractivity contribution in [1.82, 2.24) is 4.98 Å². The van der Waals surface area contributed by atoms with Crippen LogP contribution in [0.5, 0.6) is 5.75 Å². The number of aromatic nitrogens is 2. The van der Waals surface area contributed by atoms with Crippen molar-refractivity contribution in [3.05, 3.63) is 48.0 Å². The predicted molar refractivity (Wildman–Crippen MR) is 198 cm³/mol. The number of rotatable bonds is 31. The van der Waals surface area contributed by atoms with Gasteiger partial charge in [-0.2, -0.15) is 0 Å². The third-order valence-corrected chi connectivity index (χ3v) is 9.51. The number of hydrogen-bond donors (Lipinski definition) is 2. The number of unbranched alkanes of at least 4 members (excludes halogenated alkanes) is 26. The number of nitrogens with one attached hydrogen (secondary N) is 1. The molecule has 1 aromatic carbocycles. The number of carbonyl (C=O) groups is 1. The predicted octanol–water partition coefficient (Wildman–Crippen LogP) is 11.6. The van der Waals surface area contributed by atoms with Crippen LogP contribution in [0.25, 0.3) is 0 Å². The second-order valence-corrected chi connectivity index (χ2v) is 13.9. The van der Waals surface area contributed by atoms with Gasteiger partial charge in [0.15, 0.2) is 0 Å². The standard InChI is InChI=1S/C35H68N2.C7H6O3/c1-3-5-7-9-11-13-15-17-19-21-23-25-27-29-31-35-33-36-34-37(35)32-30-28-26-24-22-20-18-16-14-12-10-8-6-4-2;8-6-4-2-1-3-5(6)7(9)10/h33-34H,3-32H2,1-2H3;1-4,8H,(H,9,10). The number of aromatic carboxylic acids is 1. The highest BCUT2D eigenvalue weighted by Crippen LogP contribution is 2.16. The molecular weight excluding hydrogens is 580 g/mol. The molecule has 5 heteroatoms. The Labute approximate surface area is 290 Å². The summed E-state index contributed by atoms with van der Waals surface area (Å²) in [5.41, 5.74) is 1.34. The van der Waals surface area contributed by atoms with Gasteiger partial charge >= 0.3 is 0 Å².